The molecule has 1 nitrogen and oxygen atoms in total. The van der Waals surface area contributed by atoms with Crippen LogP contribution in [0.1, 0.15) is 22.3 Å². The highest BCUT2D eigenvalue weighted by molar-refractivity contribution is 6.01. The smallest absolute Gasteiger partial charge is 0.0726 e. The Morgan fingerprint density at radius 3 is 1.44 bits per heavy atom. The van der Waals surface area contributed by atoms with E-state index in [0.717, 1.165) is 17.1 Å². The van der Waals surface area contributed by atoms with Crippen molar-refractivity contribution in [2.75, 3.05) is 4.90 Å². The first-order valence-corrected chi connectivity index (χ1v) is 16.7. The second-order valence-corrected chi connectivity index (χ2v) is 12.8. The van der Waals surface area contributed by atoms with Gasteiger partial charge in [-0.3, -0.25) is 0 Å². The maximum absolute atomic E-state index is 2.49. The van der Waals surface area contributed by atoms with Gasteiger partial charge >= 0.3 is 0 Å². The fraction of sp³-hybridized carbons (Fsp3) is 0.0213. The summed E-state index contributed by atoms with van der Waals surface area (Å²) in [5.74, 6) is 0. The summed E-state index contributed by atoms with van der Waals surface area (Å²) in [5.41, 5.74) is 15.9. The highest BCUT2D eigenvalue weighted by Gasteiger charge is 2.49. The number of para-hydroxylation sites is 1. The van der Waals surface area contributed by atoms with Gasteiger partial charge in [-0.2, -0.15) is 0 Å². The van der Waals surface area contributed by atoms with E-state index in [4.69, 9.17) is 0 Å². The monoisotopic (exact) mass is 609 g/mol. The van der Waals surface area contributed by atoms with E-state index in [9.17, 15) is 0 Å². The highest BCUT2D eigenvalue weighted by atomic mass is 15.1. The van der Waals surface area contributed by atoms with Crippen LogP contribution in [0.15, 0.2) is 188 Å². The molecule has 0 aromatic heterocycles. The molecule has 0 atom stereocenters. The van der Waals surface area contributed by atoms with Crippen molar-refractivity contribution in [3.05, 3.63) is 210 Å². The van der Waals surface area contributed by atoms with Gasteiger partial charge in [0.15, 0.2) is 0 Å². The summed E-state index contributed by atoms with van der Waals surface area (Å²) >= 11 is 0. The third-order valence-corrected chi connectivity index (χ3v) is 10.5. The summed E-state index contributed by atoms with van der Waals surface area (Å²) in [4.78, 5) is 2.44. The standard InChI is InChI=1S/C47H31N/c1-2-17-33(18-3-1)48(46-28-14-16-32-15-4-5-19-35(32)46)34-29-30-41-37-21-7-6-20-36(37)38-22-8-11-25-42(38)47(45(41)31-34)43-26-12-9-23-39(43)40-24-10-13-27-44(40)47/h1-31H. The van der Waals surface area contributed by atoms with Crippen molar-refractivity contribution >= 4 is 27.8 Å². The Morgan fingerprint density at radius 2 is 0.792 bits per heavy atom. The van der Waals surface area contributed by atoms with Gasteiger partial charge in [0, 0.05) is 16.8 Å². The number of nitrogens with zero attached hydrogens (tertiary/aromatic N) is 1. The van der Waals surface area contributed by atoms with Crippen LogP contribution in [0.25, 0.3) is 44.2 Å². The van der Waals surface area contributed by atoms with Gasteiger partial charge in [0.1, 0.15) is 0 Å². The van der Waals surface area contributed by atoms with Crippen LogP contribution >= 0.6 is 0 Å². The topological polar surface area (TPSA) is 3.24 Å². The molecule has 48 heavy (non-hydrogen) atoms. The summed E-state index contributed by atoms with van der Waals surface area (Å²) in [6.45, 7) is 0. The largest absolute Gasteiger partial charge is 0.310 e. The molecule has 8 aromatic rings. The van der Waals surface area contributed by atoms with E-state index in [1.807, 2.05) is 0 Å². The summed E-state index contributed by atoms with van der Waals surface area (Å²) in [5, 5.41) is 2.45. The zero-order valence-electron chi connectivity index (χ0n) is 26.3. The fourth-order valence-corrected chi connectivity index (χ4v) is 8.58. The van der Waals surface area contributed by atoms with Gasteiger partial charge in [-0.1, -0.05) is 158 Å². The lowest BCUT2D eigenvalue weighted by atomic mass is 9.66. The average Bonchev–Trinajstić information content (AvgIpc) is 3.41. The van der Waals surface area contributed by atoms with Gasteiger partial charge < -0.3 is 4.90 Å². The molecule has 2 aliphatic rings. The zero-order valence-corrected chi connectivity index (χ0v) is 26.3. The quantitative estimate of drug-likeness (QED) is 0.193. The first-order valence-electron chi connectivity index (χ1n) is 16.7. The van der Waals surface area contributed by atoms with E-state index in [1.165, 1.54) is 66.4 Å². The summed E-state index contributed by atoms with van der Waals surface area (Å²) < 4.78 is 0. The second-order valence-electron chi connectivity index (χ2n) is 12.8. The Labute approximate surface area is 281 Å². The number of fused-ring (bicyclic) bond motifs is 13. The van der Waals surface area contributed by atoms with Crippen LogP contribution in [-0.4, -0.2) is 0 Å². The van der Waals surface area contributed by atoms with Crippen molar-refractivity contribution < 1.29 is 0 Å². The lowest BCUT2D eigenvalue weighted by Gasteiger charge is -2.36. The zero-order chi connectivity index (χ0) is 31.7. The van der Waals surface area contributed by atoms with Crippen molar-refractivity contribution in [2.45, 2.75) is 5.41 Å². The van der Waals surface area contributed by atoms with Crippen molar-refractivity contribution in [2.24, 2.45) is 0 Å². The van der Waals surface area contributed by atoms with Crippen LogP contribution in [0, 0.1) is 0 Å². The second kappa shape index (κ2) is 10.4. The Balaban J connectivity index is 1.36. The minimum atomic E-state index is -0.519. The molecule has 0 heterocycles. The van der Waals surface area contributed by atoms with Crippen molar-refractivity contribution in [1.29, 1.82) is 0 Å². The van der Waals surface area contributed by atoms with E-state index in [1.54, 1.807) is 0 Å². The molecular formula is C47H31N. The first-order chi connectivity index (χ1) is 23.8. The molecule has 1 spiro atoms. The molecule has 0 unspecified atom stereocenters. The molecule has 0 saturated heterocycles. The normalized spacial score (nSPS) is 13.2. The Morgan fingerprint density at radius 1 is 0.312 bits per heavy atom. The number of hydrogen-bond acceptors (Lipinski definition) is 1. The lowest BCUT2D eigenvalue weighted by molar-refractivity contribution is 0.775. The molecule has 224 valence electrons. The molecule has 2 aliphatic carbocycles. The third kappa shape index (κ3) is 3.67. The molecule has 0 bridgehead atoms. The van der Waals surface area contributed by atoms with Gasteiger partial charge in [0.25, 0.3) is 0 Å². The van der Waals surface area contributed by atoms with Gasteiger partial charge in [-0.25, -0.2) is 0 Å². The molecular weight excluding hydrogens is 579 g/mol. The number of hydrogen-bond donors (Lipinski definition) is 0. The summed E-state index contributed by atoms with van der Waals surface area (Å²) in [6.07, 6.45) is 0. The predicted molar refractivity (Wildman–Crippen MR) is 200 cm³/mol. The molecule has 0 fully saturated rings. The van der Waals surface area contributed by atoms with Crippen molar-refractivity contribution in [1.82, 2.24) is 0 Å². The van der Waals surface area contributed by atoms with E-state index in [-0.39, 0.29) is 0 Å². The van der Waals surface area contributed by atoms with E-state index in [2.05, 4.69) is 193 Å². The average molecular weight is 610 g/mol. The van der Waals surface area contributed by atoms with E-state index in [0.29, 0.717) is 0 Å². The molecule has 0 N–H and O–H groups in total. The predicted octanol–water partition coefficient (Wildman–Crippen LogP) is 12.3. The van der Waals surface area contributed by atoms with Crippen LogP contribution < -0.4 is 4.90 Å². The van der Waals surface area contributed by atoms with Crippen LogP contribution in [-0.2, 0) is 5.41 Å². The van der Waals surface area contributed by atoms with Gasteiger partial charge in [0.05, 0.1) is 11.1 Å². The minimum absolute atomic E-state index is 0.519. The van der Waals surface area contributed by atoms with Gasteiger partial charge in [-0.15, -0.1) is 0 Å². The summed E-state index contributed by atoms with van der Waals surface area (Å²) in [6, 6.07) is 69.5. The van der Waals surface area contributed by atoms with Crippen LogP contribution in [0.2, 0.25) is 0 Å². The molecule has 0 saturated carbocycles. The first kappa shape index (κ1) is 27.0. The lowest BCUT2D eigenvalue weighted by Crippen LogP contribution is -2.29. The van der Waals surface area contributed by atoms with E-state index < -0.39 is 5.41 Å². The molecule has 0 aliphatic heterocycles. The molecule has 0 amide bonds. The Bertz CT molecular complexity index is 2470. The molecule has 0 radical (unpaired) electrons. The highest BCUT2D eigenvalue weighted by Crippen LogP contribution is 2.62. The van der Waals surface area contributed by atoms with Crippen molar-refractivity contribution in [3.63, 3.8) is 0 Å². The maximum atomic E-state index is 2.49. The number of rotatable bonds is 3. The minimum Gasteiger partial charge on any atom is -0.310 e. The van der Waals surface area contributed by atoms with Crippen LogP contribution in [0.4, 0.5) is 17.1 Å². The molecule has 8 aromatic carbocycles. The third-order valence-electron chi connectivity index (χ3n) is 10.5. The fourth-order valence-electron chi connectivity index (χ4n) is 8.58. The van der Waals surface area contributed by atoms with Crippen molar-refractivity contribution in [3.8, 4) is 33.4 Å². The Kier molecular flexibility index (Phi) is 5.86. The Hall–Kier alpha value is -6.18. The number of benzene rings is 8. The molecule has 10 rings (SSSR count). The summed E-state index contributed by atoms with van der Waals surface area (Å²) in [7, 11) is 0. The SMILES string of the molecule is c1ccc(N(c2ccc3c(c2)C2(c4ccccc4-c4ccccc4-3)c3ccccc3-c3ccccc32)c2cccc3ccccc23)cc1. The van der Waals surface area contributed by atoms with Gasteiger partial charge in [-0.05, 0) is 91.4 Å². The maximum Gasteiger partial charge on any atom is 0.0726 e. The van der Waals surface area contributed by atoms with Crippen LogP contribution in [0.5, 0.6) is 0 Å². The molecule has 1 heteroatoms. The number of anilines is 3. The van der Waals surface area contributed by atoms with E-state index >= 15 is 0 Å². The van der Waals surface area contributed by atoms with Crippen LogP contribution in [0.3, 0.4) is 0 Å². The van der Waals surface area contributed by atoms with Gasteiger partial charge in [0.2, 0.25) is 0 Å².